The Morgan fingerprint density at radius 3 is 2.84 bits per heavy atom. The number of hydrogen-bond acceptors (Lipinski definition) is 5. The van der Waals surface area contributed by atoms with Gasteiger partial charge in [0.15, 0.2) is 5.82 Å². The summed E-state index contributed by atoms with van der Waals surface area (Å²) < 4.78 is 5.63. The molecule has 1 aromatic rings. The summed E-state index contributed by atoms with van der Waals surface area (Å²) in [5, 5.41) is 10.0. The highest BCUT2D eigenvalue weighted by Gasteiger charge is 2.17. The van der Waals surface area contributed by atoms with Crippen LogP contribution in [0.4, 0.5) is 0 Å². The Morgan fingerprint density at radius 1 is 1.47 bits per heavy atom. The van der Waals surface area contributed by atoms with Crippen LogP contribution in [0.3, 0.4) is 0 Å². The second kappa shape index (κ2) is 6.63. The molecule has 1 amide bonds. The molecule has 7 heteroatoms. The Bertz CT molecular complexity index is 414. The van der Waals surface area contributed by atoms with Crippen LogP contribution >= 0.6 is 0 Å². The number of carbonyl (C=O) groups is 1. The van der Waals surface area contributed by atoms with Crippen LogP contribution in [0, 0.1) is 6.92 Å². The first-order chi connectivity index (χ1) is 9.15. The van der Waals surface area contributed by atoms with E-state index in [1.54, 1.807) is 11.9 Å². The maximum Gasteiger partial charge on any atom is 0.248 e. The number of likely N-dealkylation sites (N-methyl/N-ethyl adjacent to an activating group) is 1. The zero-order valence-electron chi connectivity index (χ0n) is 11.5. The second-order valence-corrected chi connectivity index (χ2v) is 4.85. The van der Waals surface area contributed by atoms with E-state index in [0.29, 0.717) is 12.4 Å². The van der Waals surface area contributed by atoms with Crippen molar-refractivity contribution in [2.75, 3.05) is 26.7 Å². The predicted molar refractivity (Wildman–Crippen MR) is 69.4 cm³/mol. The van der Waals surface area contributed by atoms with Crippen LogP contribution in [-0.2, 0) is 16.1 Å². The Hall–Kier alpha value is -1.47. The molecule has 1 fully saturated rings. The third kappa shape index (κ3) is 4.29. The van der Waals surface area contributed by atoms with Crippen molar-refractivity contribution in [1.29, 1.82) is 0 Å². The van der Waals surface area contributed by atoms with Crippen LogP contribution in [0.5, 0.6) is 0 Å². The molecule has 2 heterocycles. The van der Waals surface area contributed by atoms with Crippen molar-refractivity contribution in [2.45, 2.75) is 32.4 Å². The van der Waals surface area contributed by atoms with Gasteiger partial charge in [0.2, 0.25) is 5.91 Å². The van der Waals surface area contributed by atoms with E-state index >= 15 is 0 Å². The predicted octanol–water partition coefficient (Wildman–Crippen LogP) is -0.160. The van der Waals surface area contributed by atoms with Crippen LogP contribution < -0.4 is 5.32 Å². The summed E-state index contributed by atoms with van der Waals surface area (Å²) >= 11 is 0. The van der Waals surface area contributed by atoms with Gasteiger partial charge in [0.1, 0.15) is 12.4 Å². The highest BCUT2D eigenvalue weighted by molar-refractivity contribution is 5.77. The number of H-pyrrole nitrogens is 1. The van der Waals surface area contributed by atoms with Crippen molar-refractivity contribution in [3.8, 4) is 0 Å². The first kappa shape index (κ1) is 14.0. The van der Waals surface area contributed by atoms with Gasteiger partial charge in [-0.25, -0.2) is 4.98 Å². The molecule has 0 bridgehead atoms. The number of hydrogen-bond donors (Lipinski definition) is 2. The number of aryl methyl sites for hydroxylation is 1. The van der Waals surface area contributed by atoms with Gasteiger partial charge in [0.25, 0.3) is 0 Å². The maximum atomic E-state index is 11.9. The highest BCUT2D eigenvalue weighted by Crippen LogP contribution is 2.07. The number of amides is 1. The monoisotopic (exact) mass is 267 g/mol. The summed E-state index contributed by atoms with van der Waals surface area (Å²) in [5.41, 5.74) is 0. The van der Waals surface area contributed by atoms with Crippen molar-refractivity contribution in [3.63, 3.8) is 0 Å². The van der Waals surface area contributed by atoms with Gasteiger partial charge >= 0.3 is 0 Å². The first-order valence-electron chi connectivity index (χ1n) is 6.59. The number of rotatable bonds is 5. The topological polar surface area (TPSA) is 83.1 Å². The van der Waals surface area contributed by atoms with Crippen LogP contribution in [-0.4, -0.2) is 58.8 Å². The Balaban J connectivity index is 1.72. The van der Waals surface area contributed by atoms with Crippen molar-refractivity contribution in [1.82, 2.24) is 25.4 Å². The number of nitrogens with one attached hydrogen (secondary N) is 2. The number of carbonyl (C=O) groups excluding carboxylic acids is 1. The summed E-state index contributed by atoms with van der Waals surface area (Å²) in [5.74, 6) is 1.33. The number of ether oxygens (including phenoxy) is 1. The van der Waals surface area contributed by atoms with E-state index in [1.807, 2.05) is 6.92 Å². The molecule has 0 aromatic carbocycles. The standard InChI is InChI=1S/C12H21N5O2/c1-9-14-11(16-15-9)7-17(2)12(18)8-19-10-3-5-13-6-4-10/h10,13H,3-8H2,1-2H3,(H,14,15,16). The molecule has 0 atom stereocenters. The SMILES string of the molecule is Cc1nc(CN(C)C(=O)COC2CCNCC2)n[nH]1. The fourth-order valence-corrected chi connectivity index (χ4v) is 2.02. The van der Waals surface area contributed by atoms with E-state index in [1.165, 1.54) is 0 Å². The molecule has 106 valence electrons. The average molecular weight is 267 g/mol. The third-order valence-electron chi connectivity index (χ3n) is 3.18. The summed E-state index contributed by atoms with van der Waals surface area (Å²) in [6, 6.07) is 0. The van der Waals surface area contributed by atoms with Crippen molar-refractivity contribution < 1.29 is 9.53 Å². The van der Waals surface area contributed by atoms with Gasteiger partial charge in [-0.05, 0) is 32.9 Å². The van der Waals surface area contributed by atoms with E-state index in [4.69, 9.17) is 4.74 Å². The normalized spacial score (nSPS) is 16.5. The number of nitrogens with zero attached hydrogens (tertiary/aromatic N) is 3. The zero-order valence-corrected chi connectivity index (χ0v) is 11.5. The van der Waals surface area contributed by atoms with Crippen molar-refractivity contribution >= 4 is 5.91 Å². The molecule has 1 aliphatic rings. The lowest BCUT2D eigenvalue weighted by Gasteiger charge is -2.24. The molecule has 1 saturated heterocycles. The van der Waals surface area contributed by atoms with E-state index in [0.717, 1.165) is 31.8 Å². The molecule has 0 saturated carbocycles. The molecule has 0 aliphatic carbocycles. The van der Waals surface area contributed by atoms with Gasteiger partial charge in [-0.2, -0.15) is 5.10 Å². The van der Waals surface area contributed by atoms with Gasteiger partial charge in [0, 0.05) is 7.05 Å². The zero-order chi connectivity index (χ0) is 13.7. The quantitative estimate of drug-likeness (QED) is 0.774. The van der Waals surface area contributed by atoms with E-state index in [-0.39, 0.29) is 18.6 Å². The minimum Gasteiger partial charge on any atom is -0.368 e. The fraction of sp³-hybridized carbons (Fsp3) is 0.750. The summed E-state index contributed by atoms with van der Waals surface area (Å²) in [4.78, 5) is 17.7. The second-order valence-electron chi connectivity index (χ2n) is 4.85. The van der Waals surface area contributed by atoms with E-state index in [9.17, 15) is 4.79 Å². The molecule has 19 heavy (non-hydrogen) atoms. The average Bonchev–Trinajstić information content (AvgIpc) is 2.82. The van der Waals surface area contributed by atoms with Gasteiger partial charge in [-0.1, -0.05) is 0 Å². The Labute approximate surface area is 112 Å². The van der Waals surface area contributed by atoms with Crippen LogP contribution in [0.1, 0.15) is 24.5 Å². The van der Waals surface area contributed by atoms with Gasteiger partial charge in [-0.3, -0.25) is 9.89 Å². The lowest BCUT2D eigenvalue weighted by atomic mass is 10.1. The molecule has 0 radical (unpaired) electrons. The molecule has 0 unspecified atom stereocenters. The summed E-state index contributed by atoms with van der Waals surface area (Å²) in [7, 11) is 1.74. The molecule has 1 aliphatic heterocycles. The molecule has 1 aromatic heterocycles. The van der Waals surface area contributed by atoms with Gasteiger partial charge in [-0.15, -0.1) is 0 Å². The largest absolute Gasteiger partial charge is 0.368 e. The summed E-state index contributed by atoms with van der Waals surface area (Å²) in [6.07, 6.45) is 2.14. The van der Waals surface area contributed by atoms with Crippen LogP contribution in [0.25, 0.3) is 0 Å². The van der Waals surface area contributed by atoms with Crippen molar-refractivity contribution in [3.05, 3.63) is 11.6 Å². The number of aromatic nitrogens is 3. The maximum absolute atomic E-state index is 11.9. The number of piperidine rings is 1. The molecule has 2 N–H and O–H groups in total. The van der Waals surface area contributed by atoms with Gasteiger partial charge < -0.3 is 15.0 Å². The van der Waals surface area contributed by atoms with Crippen LogP contribution in [0.2, 0.25) is 0 Å². The minimum absolute atomic E-state index is 0.0408. The smallest absolute Gasteiger partial charge is 0.248 e. The Morgan fingerprint density at radius 2 is 2.21 bits per heavy atom. The molecular formula is C12H21N5O2. The first-order valence-corrected chi connectivity index (χ1v) is 6.59. The Kier molecular flexibility index (Phi) is 4.86. The van der Waals surface area contributed by atoms with E-state index in [2.05, 4.69) is 20.5 Å². The third-order valence-corrected chi connectivity index (χ3v) is 3.18. The van der Waals surface area contributed by atoms with E-state index < -0.39 is 0 Å². The molecule has 7 nitrogen and oxygen atoms in total. The molecule has 2 rings (SSSR count). The highest BCUT2D eigenvalue weighted by atomic mass is 16.5. The van der Waals surface area contributed by atoms with Crippen LogP contribution in [0.15, 0.2) is 0 Å². The van der Waals surface area contributed by atoms with Gasteiger partial charge in [0.05, 0.1) is 12.6 Å². The minimum atomic E-state index is -0.0408. The lowest BCUT2D eigenvalue weighted by molar-refractivity contribution is -0.138. The summed E-state index contributed by atoms with van der Waals surface area (Å²) in [6.45, 7) is 4.29. The fourth-order valence-electron chi connectivity index (χ4n) is 2.02. The molecule has 0 spiro atoms. The lowest BCUT2D eigenvalue weighted by Crippen LogP contribution is -2.36. The van der Waals surface area contributed by atoms with Crippen molar-refractivity contribution in [2.24, 2.45) is 0 Å². The molecular weight excluding hydrogens is 246 g/mol. The number of aromatic amines is 1.